The van der Waals surface area contributed by atoms with Crippen molar-refractivity contribution in [3.63, 3.8) is 0 Å². The summed E-state index contributed by atoms with van der Waals surface area (Å²) in [4.78, 5) is 0. The van der Waals surface area contributed by atoms with Crippen molar-refractivity contribution in [2.24, 2.45) is 0 Å². The molecule has 0 radical (unpaired) electrons. The Balaban J connectivity index is 0.0000115. The first kappa shape index (κ1) is 45.3. The van der Waals surface area contributed by atoms with E-state index in [0.29, 0.717) is 6.42 Å². The van der Waals surface area contributed by atoms with Crippen molar-refractivity contribution in [3.8, 4) is 11.5 Å². The largest absolute Gasteiger partial charge is 2.00 e. The summed E-state index contributed by atoms with van der Waals surface area (Å²) in [5.74, 6) is 0.192. The molecule has 2 aromatic rings. The molecular formula is C45H74CaO2. The van der Waals surface area contributed by atoms with Gasteiger partial charge >= 0.3 is 37.7 Å². The van der Waals surface area contributed by atoms with E-state index in [2.05, 4.69) is 26.0 Å². The number of hydrogen-bond donors (Lipinski definition) is 0. The Hall–Kier alpha value is -0.700. The first-order valence-corrected chi connectivity index (χ1v) is 20.7. The third-order valence-corrected chi connectivity index (χ3v) is 10.4. The summed E-state index contributed by atoms with van der Waals surface area (Å²) >= 11 is 0. The van der Waals surface area contributed by atoms with Gasteiger partial charge in [-0.2, -0.15) is 0 Å². The molecule has 2 nitrogen and oxygen atoms in total. The van der Waals surface area contributed by atoms with Crippen molar-refractivity contribution < 1.29 is 10.2 Å². The van der Waals surface area contributed by atoms with Gasteiger partial charge in [0.15, 0.2) is 0 Å². The van der Waals surface area contributed by atoms with Gasteiger partial charge < -0.3 is 10.2 Å². The van der Waals surface area contributed by atoms with E-state index in [1.807, 2.05) is 12.1 Å². The fraction of sp³-hybridized carbons (Fsp3) is 0.733. The van der Waals surface area contributed by atoms with Gasteiger partial charge in [-0.15, -0.1) is 11.5 Å². The topological polar surface area (TPSA) is 46.1 Å². The monoisotopic (exact) mass is 687 g/mol. The maximum absolute atomic E-state index is 13.0. The second-order valence-corrected chi connectivity index (χ2v) is 14.7. The van der Waals surface area contributed by atoms with Crippen molar-refractivity contribution in [2.75, 3.05) is 0 Å². The number of benzene rings is 2. The van der Waals surface area contributed by atoms with E-state index in [1.54, 1.807) is 12.1 Å². The van der Waals surface area contributed by atoms with Crippen LogP contribution in [0.25, 0.3) is 0 Å². The second-order valence-electron chi connectivity index (χ2n) is 14.7. The molecule has 0 aliphatic heterocycles. The summed E-state index contributed by atoms with van der Waals surface area (Å²) in [7, 11) is 0. The molecule has 0 heterocycles. The van der Waals surface area contributed by atoms with E-state index < -0.39 is 0 Å². The summed E-state index contributed by atoms with van der Waals surface area (Å²) in [5, 5.41) is 26.0. The van der Waals surface area contributed by atoms with Crippen molar-refractivity contribution in [1.82, 2.24) is 0 Å². The molecule has 48 heavy (non-hydrogen) atoms. The van der Waals surface area contributed by atoms with Crippen molar-refractivity contribution in [1.29, 1.82) is 0 Å². The van der Waals surface area contributed by atoms with Crippen LogP contribution in [0.2, 0.25) is 0 Å². The minimum absolute atomic E-state index is 0. The molecule has 0 saturated carbocycles. The average Bonchev–Trinajstić information content (AvgIpc) is 3.07. The van der Waals surface area contributed by atoms with Crippen LogP contribution < -0.4 is 10.2 Å². The summed E-state index contributed by atoms with van der Waals surface area (Å²) in [6, 6.07) is 11.4. The van der Waals surface area contributed by atoms with Gasteiger partial charge in [-0.05, 0) is 54.4 Å². The molecule has 0 atom stereocenters. The number of unbranched alkanes of at least 4 members (excludes halogenated alkanes) is 26. The maximum Gasteiger partial charge on any atom is 2.00 e. The van der Waals surface area contributed by atoms with E-state index in [4.69, 9.17) is 0 Å². The molecule has 2 aromatic carbocycles. The first-order chi connectivity index (χ1) is 23.2. The van der Waals surface area contributed by atoms with Crippen LogP contribution in [0, 0.1) is 0 Å². The molecule has 0 saturated heterocycles. The van der Waals surface area contributed by atoms with E-state index in [1.165, 1.54) is 167 Å². The SMILES string of the molecule is CCCCCCCCCCCCCCCCc1cccc([O-])c1Cc1c([O-])cccc1CCCCCCCCCCCCCCCC.[Ca+2]. The second kappa shape index (κ2) is 32.2. The summed E-state index contributed by atoms with van der Waals surface area (Å²) in [6.07, 6.45) is 40.3. The standard InChI is InChI=1S/C45H76O2.Ca/c1-3-5-7-9-11-13-15-17-19-21-23-25-27-29-33-40-35-31-37-44(46)42(40)39-43-41(36-32-38-45(43)47)34-30-28-26-24-22-20-18-16-14-12-10-8-6-4-2;/h31-32,35-38,46-47H,3-30,33-34,39H2,1-2H3;/q;+2/p-2. The van der Waals surface area contributed by atoms with Gasteiger partial charge in [0.05, 0.1) is 0 Å². The van der Waals surface area contributed by atoms with E-state index in [9.17, 15) is 10.2 Å². The molecule has 0 aliphatic carbocycles. The predicted octanol–water partition coefficient (Wildman–Crippen LogP) is 13.1. The zero-order chi connectivity index (χ0) is 33.6. The van der Waals surface area contributed by atoms with Gasteiger partial charge in [0, 0.05) is 0 Å². The molecular weight excluding hydrogens is 613 g/mol. The molecule has 2 rings (SSSR count). The molecule has 0 spiro atoms. The van der Waals surface area contributed by atoms with Crippen molar-refractivity contribution in [2.45, 2.75) is 213 Å². The Labute approximate surface area is 328 Å². The van der Waals surface area contributed by atoms with Crippen LogP contribution in [0.15, 0.2) is 36.4 Å². The zero-order valence-corrected chi connectivity index (χ0v) is 34.1. The predicted molar refractivity (Wildman–Crippen MR) is 208 cm³/mol. The van der Waals surface area contributed by atoms with Crippen LogP contribution in [0.1, 0.15) is 216 Å². The smallest absolute Gasteiger partial charge is 0.872 e. The Morgan fingerprint density at radius 3 is 0.875 bits per heavy atom. The number of rotatable bonds is 32. The van der Waals surface area contributed by atoms with Gasteiger partial charge in [-0.3, -0.25) is 0 Å². The van der Waals surface area contributed by atoms with Crippen LogP contribution in [-0.2, 0) is 19.3 Å². The quantitative estimate of drug-likeness (QED) is 0.0568. The Bertz CT molecular complexity index is 923. The van der Waals surface area contributed by atoms with Gasteiger partial charge in [0.1, 0.15) is 0 Å². The minimum atomic E-state index is 0. The van der Waals surface area contributed by atoms with Crippen molar-refractivity contribution in [3.05, 3.63) is 58.7 Å². The van der Waals surface area contributed by atoms with Crippen LogP contribution in [-0.4, -0.2) is 37.7 Å². The van der Waals surface area contributed by atoms with E-state index >= 15 is 0 Å². The normalized spacial score (nSPS) is 11.2. The fourth-order valence-corrected chi connectivity index (χ4v) is 7.29. The van der Waals surface area contributed by atoms with Crippen LogP contribution >= 0.6 is 0 Å². The molecule has 268 valence electrons. The van der Waals surface area contributed by atoms with E-state index in [0.717, 1.165) is 47.9 Å². The average molecular weight is 687 g/mol. The summed E-state index contributed by atoms with van der Waals surface area (Å²) in [6.45, 7) is 4.57. The third-order valence-electron chi connectivity index (χ3n) is 10.4. The molecule has 3 heteroatoms. The molecule has 0 amide bonds. The third kappa shape index (κ3) is 22.2. The van der Waals surface area contributed by atoms with Crippen LogP contribution in [0.3, 0.4) is 0 Å². The molecule has 0 unspecified atom stereocenters. The van der Waals surface area contributed by atoms with E-state index in [-0.39, 0.29) is 49.2 Å². The minimum Gasteiger partial charge on any atom is -0.872 e. The van der Waals surface area contributed by atoms with Gasteiger partial charge in [-0.1, -0.05) is 217 Å². The Morgan fingerprint density at radius 2 is 0.604 bits per heavy atom. The number of aryl methyl sites for hydroxylation is 2. The molecule has 0 bridgehead atoms. The van der Waals surface area contributed by atoms with Gasteiger partial charge in [0.25, 0.3) is 0 Å². The zero-order valence-electron chi connectivity index (χ0n) is 31.9. The fourth-order valence-electron chi connectivity index (χ4n) is 7.29. The Morgan fingerprint density at radius 1 is 0.354 bits per heavy atom. The van der Waals surface area contributed by atoms with Crippen LogP contribution in [0.4, 0.5) is 0 Å². The summed E-state index contributed by atoms with van der Waals surface area (Å²) < 4.78 is 0. The van der Waals surface area contributed by atoms with Crippen molar-refractivity contribution >= 4 is 37.7 Å². The number of hydrogen-bond acceptors (Lipinski definition) is 2. The van der Waals surface area contributed by atoms with Gasteiger partial charge in [0.2, 0.25) is 0 Å². The Kier molecular flexibility index (Phi) is 30.4. The first-order valence-electron chi connectivity index (χ1n) is 20.7. The molecule has 0 aliphatic rings. The molecule has 0 aromatic heterocycles. The van der Waals surface area contributed by atoms with Crippen LogP contribution in [0.5, 0.6) is 11.5 Å². The molecule has 0 fully saturated rings. The summed E-state index contributed by atoms with van der Waals surface area (Å²) in [5.41, 5.74) is 4.02. The van der Waals surface area contributed by atoms with Gasteiger partial charge in [-0.25, -0.2) is 0 Å². The molecule has 0 N–H and O–H groups in total. The maximum atomic E-state index is 13.0.